The van der Waals surface area contributed by atoms with Crippen LogP contribution < -0.4 is 10.1 Å². The van der Waals surface area contributed by atoms with E-state index in [2.05, 4.69) is 5.32 Å². The van der Waals surface area contributed by atoms with Gasteiger partial charge >= 0.3 is 0 Å². The van der Waals surface area contributed by atoms with Gasteiger partial charge < -0.3 is 15.0 Å². The van der Waals surface area contributed by atoms with Gasteiger partial charge in [0.2, 0.25) is 11.8 Å². The van der Waals surface area contributed by atoms with Crippen molar-refractivity contribution in [1.82, 2.24) is 10.2 Å². The third kappa shape index (κ3) is 8.59. The SMILES string of the molecule is COc1cccc(CN(C(=O)CSCc2ccccc2F)C(Cc2ccccc2)C(=O)NC2CCCCC2)c1. The molecule has 1 atom stereocenters. The van der Waals surface area contributed by atoms with Gasteiger partial charge in [0.1, 0.15) is 17.6 Å². The Morgan fingerprint density at radius 2 is 1.69 bits per heavy atom. The summed E-state index contributed by atoms with van der Waals surface area (Å²) in [4.78, 5) is 29.3. The second kappa shape index (κ2) is 14.7. The minimum absolute atomic E-state index is 0.124. The summed E-state index contributed by atoms with van der Waals surface area (Å²) >= 11 is 1.36. The van der Waals surface area contributed by atoms with Crippen LogP contribution in [0.2, 0.25) is 0 Å². The van der Waals surface area contributed by atoms with Gasteiger partial charge in [-0.05, 0) is 47.7 Å². The van der Waals surface area contributed by atoms with E-state index < -0.39 is 6.04 Å². The summed E-state index contributed by atoms with van der Waals surface area (Å²) in [5.41, 5.74) is 2.43. The van der Waals surface area contributed by atoms with Gasteiger partial charge in [-0.3, -0.25) is 9.59 Å². The lowest BCUT2D eigenvalue weighted by Crippen LogP contribution is -2.53. The molecule has 2 amide bonds. The van der Waals surface area contributed by atoms with Crippen molar-refractivity contribution in [2.45, 2.75) is 62.9 Å². The van der Waals surface area contributed by atoms with E-state index in [1.54, 1.807) is 30.2 Å². The topological polar surface area (TPSA) is 58.6 Å². The van der Waals surface area contributed by atoms with Gasteiger partial charge in [-0.25, -0.2) is 4.39 Å². The van der Waals surface area contributed by atoms with Gasteiger partial charge in [0.15, 0.2) is 0 Å². The van der Waals surface area contributed by atoms with Crippen molar-refractivity contribution in [3.05, 3.63) is 101 Å². The number of ether oxygens (including phenoxy) is 1. The fourth-order valence-electron chi connectivity index (χ4n) is 5.01. The molecule has 0 saturated heterocycles. The van der Waals surface area contributed by atoms with Crippen LogP contribution in [0.15, 0.2) is 78.9 Å². The van der Waals surface area contributed by atoms with Crippen molar-refractivity contribution >= 4 is 23.6 Å². The lowest BCUT2D eigenvalue weighted by molar-refractivity contribution is -0.139. The summed E-state index contributed by atoms with van der Waals surface area (Å²) in [6.45, 7) is 0.270. The van der Waals surface area contributed by atoms with Crippen LogP contribution in [-0.4, -0.2) is 41.7 Å². The van der Waals surface area contributed by atoms with Crippen molar-refractivity contribution in [1.29, 1.82) is 0 Å². The number of halogens is 1. The van der Waals surface area contributed by atoms with Gasteiger partial charge in [-0.1, -0.05) is 79.9 Å². The predicted molar refractivity (Wildman–Crippen MR) is 155 cm³/mol. The van der Waals surface area contributed by atoms with Crippen LogP contribution in [0.25, 0.3) is 0 Å². The van der Waals surface area contributed by atoms with E-state index in [0.717, 1.165) is 36.8 Å². The summed E-state index contributed by atoms with van der Waals surface area (Å²) in [6, 6.07) is 23.5. The highest BCUT2D eigenvalue weighted by Gasteiger charge is 2.32. The molecule has 0 bridgehead atoms. The molecule has 1 N–H and O–H groups in total. The molecular weight excluding hydrogens is 511 g/mol. The number of carbonyl (C=O) groups excluding carboxylic acids is 2. The summed E-state index contributed by atoms with van der Waals surface area (Å²) < 4.78 is 19.6. The Labute approximate surface area is 235 Å². The van der Waals surface area contributed by atoms with Crippen LogP contribution >= 0.6 is 11.8 Å². The third-order valence-electron chi connectivity index (χ3n) is 7.15. The van der Waals surface area contributed by atoms with Crippen LogP contribution in [0, 0.1) is 5.82 Å². The van der Waals surface area contributed by atoms with E-state index in [1.165, 1.54) is 24.2 Å². The molecule has 1 aliphatic rings. The van der Waals surface area contributed by atoms with Gasteiger partial charge in [0.05, 0.1) is 12.9 Å². The summed E-state index contributed by atoms with van der Waals surface area (Å²) in [6.07, 6.45) is 5.74. The molecule has 39 heavy (non-hydrogen) atoms. The molecule has 0 aliphatic heterocycles. The summed E-state index contributed by atoms with van der Waals surface area (Å²) in [5.74, 6) is 0.656. The predicted octanol–water partition coefficient (Wildman–Crippen LogP) is 6.16. The first-order chi connectivity index (χ1) is 19.0. The molecule has 0 aromatic heterocycles. The highest BCUT2D eigenvalue weighted by molar-refractivity contribution is 7.99. The van der Waals surface area contributed by atoms with Gasteiger partial charge in [0.25, 0.3) is 0 Å². The van der Waals surface area contributed by atoms with E-state index >= 15 is 0 Å². The second-order valence-corrected chi connectivity index (χ2v) is 11.0. The maximum Gasteiger partial charge on any atom is 0.243 e. The van der Waals surface area contributed by atoms with Crippen molar-refractivity contribution in [3.63, 3.8) is 0 Å². The minimum Gasteiger partial charge on any atom is -0.497 e. The molecule has 1 fully saturated rings. The maximum absolute atomic E-state index is 14.2. The van der Waals surface area contributed by atoms with Crippen molar-refractivity contribution in [2.24, 2.45) is 0 Å². The summed E-state index contributed by atoms with van der Waals surface area (Å²) in [5, 5.41) is 3.26. The van der Waals surface area contributed by atoms with Crippen LogP contribution in [0.5, 0.6) is 5.75 Å². The Hall–Kier alpha value is -3.32. The number of hydrogen-bond acceptors (Lipinski definition) is 4. The monoisotopic (exact) mass is 548 g/mol. The summed E-state index contributed by atoms with van der Waals surface area (Å²) in [7, 11) is 1.61. The van der Waals surface area contributed by atoms with Crippen molar-refractivity contribution in [3.8, 4) is 5.75 Å². The Morgan fingerprint density at radius 1 is 0.974 bits per heavy atom. The zero-order valence-electron chi connectivity index (χ0n) is 22.5. The maximum atomic E-state index is 14.2. The first-order valence-electron chi connectivity index (χ1n) is 13.6. The van der Waals surface area contributed by atoms with E-state index in [-0.39, 0.29) is 36.0 Å². The number of nitrogens with one attached hydrogen (secondary N) is 1. The van der Waals surface area contributed by atoms with Crippen LogP contribution in [0.1, 0.15) is 48.8 Å². The van der Waals surface area contributed by atoms with Crippen LogP contribution in [-0.2, 0) is 28.3 Å². The molecule has 1 unspecified atom stereocenters. The zero-order valence-corrected chi connectivity index (χ0v) is 23.3. The first-order valence-corrected chi connectivity index (χ1v) is 14.8. The molecule has 3 aromatic carbocycles. The smallest absolute Gasteiger partial charge is 0.243 e. The average Bonchev–Trinajstić information content (AvgIpc) is 2.97. The fourth-order valence-corrected chi connectivity index (χ4v) is 5.91. The number of benzene rings is 3. The van der Waals surface area contributed by atoms with E-state index in [1.807, 2.05) is 54.6 Å². The van der Waals surface area contributed by atoms with Crippen molar-refractivity contribution in [2.75, 3.05) is 12.9 Å². The quantitative estimate of drug-likeness (QED) is 0.295. The second-order valence-electron chi connectivity index (χ2n) is 10.0. The molecule has 1 aliphatic carbocycles. The van der Waals surface area contributed by atoms with E-state index in [0.29, 0.717) is 23.5 Å². The largest absolute Gasteiger partial charge is 0.497 e. The van der Waals surface area contributed by atoms with Gasteiger partial charge in [-0.2, -0.15) is 0 Å². The van der Waals surface area contributed by atoms with E-state index in [9.17, 15) is 14.0 Å². The number of methoxy groups -OCH3 is 1. The number of amides is 2. The number of thioether (sulfide) groups is 1. The molecule has 0 radical (unpaired) electrons. The Bertz CT molecular complexity index is 1220. The zero-order chi connectivity index (χ0) is 27.5. The third-order valence-corrected chi connectivity index (χ3v) is 8.12. The normalized spacial score (nSPS) is 14.4. The molecule has 206 valence electrons. The fraction of sp³-hybridized carbons (Fsp3) is 0.375. The molecule has 0 heterocycles. The van der Waals surface area contributed by atoms with Gasteiger partial charge in [-0.15, -0.1) is 11.8 Å². The standard InChI is InChI=1S/C32H37FN2O3S/c1-38-28-17-10-13-25(19-28)21-35(31(36)23-39-22-26-14-8-9-18-29(26)33)30(20-24-11-4-2-5-12-24)32(37)34-27-15-6-3-7-16-27/h2,4-5,8-14,17-19,27,30H,3,6-7,15-16,20-23H2,1H3,(H,34,37). The van der Waals surface area contributed by atoms with Crippen LogP contribution in [0.3, 0.4) is 0 Å². The molecule has 7 heteroatoms. The highest BCUT2D eigenvalue weighted by Crippen LogP contribution is 2.23. The van der Waals surface area contributed by atoms with Gasteiger partial charge in [0, 0.05) is 24.8 Å². The first kappa shape index (κ1) is 28.7. The number of hydrogen-bond donors (Lipinski definition) is 1. The molecule has 3 aromatic rings. The number of carbonyl (C=O) groups is 2. The van der Waals surface area contributed by atoms with E-state index in [4.69, 9.17) is 4.74 Å². The number of rotatable bonds is 12. The van der Waals surface area contributed by atoms with Crippen LogP contribution in [0.4, 0.5) is 4.39 Å². The lowest BCUT2D eigenvalue weighted by Gasteiger charge is -2.33. The average molecular weight is 549 g/mol. The van der Waals surface area contributed by atoms with Crippen molar-refractivity contribution < 1.29 is 18.7 Å². The lowest BCUT2D eigenvalue weighted by atomic mass is 9.94. The highest BCUT2D eigenvalue weighted by atomic mass is 32.2. The molecule has 4 rings (SSSR count). The molecule has 0 spiro atoms. The molecule has 5 nitrogen and oxygen atoms in total. The Balaban J connectivity index is 1.58. The molecule has 1 saturated carbocycles. The number of nitrogens with zero attached hydrogens (tertiary/aromatic N) is 1. The Morgan fingerprint density at radius 3 is 2.44 bits per heavy atom. The minimum atomic E-state index is -0.679. The molecular formula is C32H37FN2O3S. The Kier molecular flexibility index (Phi) is 10.8.